The number of carbonyl (C=O) groups is 1. The zero-order chi connectivity index (χ0) is 20.2. The zero-order valence-electron chi connectivity index (χ0n) is 15.2. The molecule has 0 bridgehead atoms. The summed E-state index contributed by atoms with van der Waals surface area (Å²) in [6.45, 7) is 2.09. The summed E-state index contributed by atoms with van der Waals surface area (Å²) in [5.74, 6) is -0.212. The molecule has 0 aliphatic carbocycles. The molecule has 148 valence electrons. The fourth-order valence-electron chi connectivity index (χ4n) is 2.44. The number of ether oxygens (including phenoxy) is 1. The number of rotatable bonds is 7. The van der Waals surface area contributed by atoms with Gasteiger partial charge < -0.3 is 4.74 Å². The van der Waals surface area contributed by atoms with Crippen LogP contribution in [0.1, 0.15) is 11.3 Å². The summed E-state index contributed by atoms with van der Waals surface area (Å²) >= 11 is 10.6. The molecule has 4 aromatic rings. The third-order valence-corrected chi connectivity index (χ3v) is 6.92. The summed E-state index contributed by atoms with van der Waals surface area (Å²) < 4.78 is 7.13. The number of thioether (sulfide) groups is 1. The molecule has 0 radical (unpaired) electrons. The Kier molecular flexibility index (Phi) is 6.29. The van der Waals surface area contributed by atoms with E-state index in [2.05, 4.69) is 15.2 Å². The van der Waals surface area contributed by atoms with E-state index in [1.54, 1.807) is 22.2 Å². The number of esters is 1. The van der Waals surface area contributed by atoms with Crippen LogP contribution < -0.4 is 0 Å². The average molecular weight is 463 g/mol. The molecule has 0 unspecified atom stereocenters. The van der Waals surface area contributed by atoms with Crippen LogP contribution in [0.15, 0.2) is 51.9 Å². The Balaban J connectivity index is 1.32. The normalized spacial score (nSPS) is 11.0. The minimum atomic E-state index is -0.337. The summed E-state index contributed by atoms with van der Waals surface area (Å²) in [7, 11) is 0. The highest BCUT2D eigenvalue weighted by atomic mass is 35.5. The van der Waals surface area contributed by atoms with Gasteiger partial charge in [-0.2, -0.15) is 11.3 Å². The van der Waals surface area contributed by atoms with E-state index in [4.69, 9.17) is 16.3 Å². The summed E-state index contributed by atoms with van der Waals surface area (Å²) in [6.07, 6.45) is 1.59. The van der Waals surface area contributed by atoms with Crippen molar-refractivity contribution in [1.29, 1.82) is 0 Å². The highest BCUT2D eigenvalue weighted by Crippen LogP contribution is 2.26. The minimum Gasteiger partial charge on any atom is -0.459 e. The molecular weight excluding hydrogens is 448 g/mol. The predicted molar refractivity (Wildman–Crippen MR) is 117 cm³/mol. The second-order valence-electron chi connectivity index (χ2n) is 6.02. The molecule has 0 aliphatic heterocycles. The molecule has 0 atom stereocenters. The van der Waals surface area contributed by atoms with Gasteiger partial charge in [0.15, 0.2) is 5.16 Å². The van der Waals surface area contributed by atoms with Crippen LogP contribution in [0.2, 0.25) is 5.02 Å². The Labute approximate surface area is 184 Å². The molecule has 29 heavy (non-hydrogen) atoms. The van der Waals surface area contributed by atoms with Crippen LogP contribution in [0, 0.1) is 6.92 Å². The second kappa shape index (κ2) is 9.08. The highest BCUT2D eigenvalue weighted by molar-refractivity contribution is 7.99. The lowest BCUT2D eigenvalue weighted by Crippen LogP contribution is -2.08. The van der Waals surface area contributed by atoms with Gasteiger partial charge in [0, 0.05) is 21.3 Å². The number of hydrogen-bond acceptors (Lipinski definition) is 8. The van der Waals surface area contributed by atoms with E-state index in [0.29, 0.717) is 10.2 Å². The third-order valence-electron chi connectivity index (χ3n) is 3.97. The van der Waals surface area contributed by atoms with E-state index in [9.17, 15) is 4.79 Å². The number of thiophene rings is 1. The first-order valence-electron chi connectivity index (χ1n) is 8.52. The topological polar surface area (TPSA) is 69.9 Å². The number of aryl methyl sites for hydroxylation is 1. The van der Waals surface area contributed by atoms with Crippen molar-refractivity contribution < 1.29 is 9.53 Å². The lowest BCUT2D eigenvalue weighted by Gasteiger charge is -2.08. The molecule has 0 saturated carbocycles. The monoisotopic (exact) mass is 462 g/mol. The Bertz CT molecular complexity index is 1120. The maximum atomic E-state index is 12.1. The van der Waals surface area contributed by atoms with Crippen molar-refractivity contribution in [3.63, 3.8) is 0 Å². The van der Waals surface area contributed by atoms with Crippen molar-refractivity contribution in [1.82, 2.24) is 19.7 Å². The number of halogens is 1. The quantitative estimate of drug-likeness (QED) is 0.276. The Morgan fingerprint density at radius 3 is 3.00 bits per heavy atom. The first-order chi connectivity index (χ1) is 14.1. The Hall–Kier alpha value is -2.20. The van der Waals surface area contributed by atoms with E-state index < -0.39 is 0 Å². The number of hydrogen-bond donors (Lipinski definition) is 0. The second-order valence-corrected chi connectivity index (χ2v) is 9.01. The molecule has 3 aromatic heterocycles. The smallest absolute Gasteiger partial charge is 0.316 e. The Morgan fingerprint density at radius 1 is 1.31 bits per heavy atom. The number of carbonyl (C=O) groups excluding carboxylic acids is 1. The van der Waals surface area contributed by atoms with Crippen molar-refractivity contribution in [3.8, 4) is 16.3 Å². The van der Waals surface area contributed by atoms with E-state index in [-0.39, 0.29) is 18.3 Å². The van der Waals surface area contributed by atoms with E-state index >= 15 is 0 Å². The first-order valence-corrected chi connectivity index (χ1v) is 11.7. The van der Waals surface area contributed by atoms with Crippen molar-refractivity contribution in [2.45, 2.75) is 18.7 Å². The van der Waals surface area contributed by atoms with Gasteiger partial charge >= 0.3 is 5.97 Å². The van der Waals surface area contributed by atoms with Crippen molar-refractivity contribution in [3.05, 3.63) is 63.0 Å². The van der Waals surface area contributed by atoms with Crippen LogP contribution in [-0.4, -0.2) is 31.5 Å². The summed E-state index contributed by atoms with van der Waals surface area (Å²) in [5.41, 5.74) is 3.66. The van der Waals surface area contributed by atoms with Crippen LogP contribution in [0.3, 0.4) is 0 Å². The molecule has 0 N–H and O–H groups in total. The molecule has 0 saturated heterocycles. The first kappa shape index (κ1) is 20.1. The molecule has 3 heterocycles. The van der Waals surface area contributed by atoms with Gasteiger partial charge in [-0.15, -0.1) is 21.5 Å². The summed E-state index contributed by atoms with van der Waals surface area (Å²) in [4.78, 5) is 16.7. The fourth-order valence-corrected chi connectivity index (χ4v) is 4.86. The van der Waals surface area contributed by atoms with Crippen LogP contribution in [0.25, 0.3) is 16.3 Å². The van der Waals surface area contributed by atoms with Gasteiger partial charge in [0.05, 0.1) is 17.1 Å². The van der Waals surface area contributed by atoms with Gasteiger partial charge in [-0.05, 0) is 36.1 Å². The lowest BCUT2D eigenvalue weighted by molar-refractivity contribution is -0.141. The van der Waals surface area contributed by atoms with Crippen molar-refractivity contribution in [2.24, 2.45) is 0 Å². The number of aromatic nitrogens is 4. The maximum Gasteiger partial charge on any atom is 0.316 e. The fraction of sp³-hybridized carbons (Fsp3) is 0.158. The van der Waals surface area contributed by atoms with E-state index in [1.807, 2.05) is 47.3 Å². The molecular formula is C19H15ClN4O2S3. The summed E-state index contributed by atoms with van der Waals surface area (Å²) in [5, 5.41) is 16.2. The van der Waals surface area contributed by atoms with Crippen molar-refractivity contribution in [2.75, 3.05) is 5.75 Å². The molecule has 0 aliphatic rings. The lowest BCUT2D eigenvalue weighted by atomic mass is 10.2. The summed E-state index contributed by atoms with van der Waals surface area (Å²) in [6, 6.07) is 7.72. The van der Waals surface area contributed by atoms with Gasteiger partial charge in [-0.1, -0.05) is 29.4 Å². The van der Waals surface area contributed by atoms with Crippen LogP contribution >= 0.6 is 46.0 Å². The number of nitrogens with zero attached hydrogens (tertiary/aromatic N) is 4. The SMILES string of the molecule is Cc1ccc(-n2cnnc2SCC(=O)OCc2csc(-c3ccsc3)n2)cc1Cl. The molecule has 4 rings (SSSR count). The largest absolute Gasteiger partial charge is 0.459 e. The van der Waals surface area contributed by atoms with Crippen LogP contribution in [0.4, 0.5) is 0 Å². The van der Waals surface area contributed by atoms with Crippen LogP contribution in [-0.2, 0) is 16.1 Å². The molecule has 6 nitrogen and oxygen atoms in total. The molecule has 0 spiro atoms. The van der Waals surface area contributed by atoms with Gasteiger partial charge in [-0.25, -0.2) is 4.98 Å². The van der Waals surface area contributed by atoms with E-state index in [1.165, 1.54) is 23.1 Å². The van der Waals surface area contributed by atoms with E-state index in [0.717, 1.165) is 27.5 Å². The predicted octanol–water partition coefficient (Wildman–Crippen LogP) is 5.25. The van der Waals surface area contributed by atoms with Gasteiger partial charge in [0.1, 0.15) is 17.9 Å². The molecule has 1 aromatic carbocycles. The minimum absolute atomic E-state index is 0.125. The van der Waals surface area contributed by atoms with Crippen molar-refractivity contribution >= 4 is 52.0 Å². The highest BCUT2D eigenvalue weighted by Gasteiger charge is 2.13. The third kappa shape index (κ3) is 4.87. The van der Waals surface area contributed by atoms with Gasteiger partial charge in [-0.3, -0.25) is 9.36 Å². The zero-order valence-corrected chi connectivity index (χ0v) is 18.4. The maximum absolute atomic E-state index is 12.1. The molecule has 0 amide bonds. The molecule has 0 fully saturated rings. The Morgan fingerprint density at radius 2 is 2.21 bits per heavy atom. The average Bonchev–Trinajstić information content (AvgIpc) is 3.47. The molecule has 10 heteroatoms. The number of benzene rings is 1. The van der Waals surface area contributed by atoms with Gasteiger partial charge in [0.25, 0.3) is 0 Å². The standard InChI is InChI=1S/C19H15ClN4O2S3/c1-12-2-3-15(6-16(12)20)24-11-21-23-19(24)29-10-17(25)26-7-14-9-28-18(22-14)13-4-5-27-8-13/h2-6,8-9,11H,7,10H2,1H3. The number of thiazole rings is 1. The van der Waals surface area contributed by atoms with Gasteiger partial charge in [0.2, 0.25) is 0 Å². The van der Waals surface area contributed by atoms with Crippen LogP contribution in [0.5, 0.6) is 0 Å².